The van der Waals surface area contributed by atoms with E-state index in [9.17, 15) is 9.59 Å². The van der Waals surface area contributed by atoms with Crippen LogP contribution in [0.5, 0.6) is 0 Å². The monoisotopic (exact) mass is 467 g/mol. The number of aryl methyl sites for hydroxylation is 2. The largest absolute Gasteiger partial charge is 0.348 e. The quantitative estimate of drug-likeness (QED) is 0.396. The summed E-state index contributed by atoms with van der Waals surface area (Å²) in [5, 5.41) is 13.6. The van der Waals surface area contributed by atoms with Crippen LogP contribution in [0.1, 0.15) is 24.2 Å². The van der Waals surface area contributed by atoms with Crippen LogP contribution in [-0.2, 0) is 25.3 Å². The molecule has 0 atom stereocenters. The van der Waals surface area contributed by atoms with E-state index in [0.717, 1.165) is 46.5 Å². The molecule has 0 saturated heterocycles. The number of aromatic nitrogens is 6. The molecule has 1 aliphatic carbocycles. The van der Waals surface area contributed by atoms with E-state index in [0.29, 0.717) is 17.5 Å². The fraction of sp³-hybridized carbons (Fsp3) is 0.269. The lowest BCUT2D eigenvalue weighted by Crippen LogP contribution is -2.32. The van der Waals surface area contributed by atoms with Gasteiger partial charge in [0.25, 0.3) is 0 Å². The Bertz CT molecular complexity index is 1670. The molecule has 0 N–H and O–H groups in total. The molecule has 1 fully saturated rings. The minimum atomic E-state index is -0.138. The number of fused-ring (bicyclic) bond motifs is 2. The Kier molecular flexibility index (Phi) is 4.80. The molecule has 0 unspecified atom stereocenters. The highest BCUT2D eigenvalue weighted by atomic mass is 16.2. The van der Waals surface area contributed by atoms with Crippen molar-refractivity contribution >= 4 is 28.1 Å². The third-order valence-corrected chi connectivity index (χ3v) is 6.73. The summed E-state index contributed by atoms with van der Waals surface area (Å²) in [4.78, 5) is 27.5. The highest BCUT2D eigenvalue weighted by molar-refractivity contribution is 5.97. The van der Waals surface area contributed by atoms with Gasteiger partial charge in [0.1, 0.15) is 11.5 Å². The van der Waals surface area contributed by atoms with Gasteiger partial charge in [0, 0.05) is 68.6 Å². The van der Waals surface area contributed by atoms with Crippen LogP contribution in [0.25, 0.3) is 27.7 Å². The van der Waals surface area contributed by atoms with Crippen molar-refractivity contribution in [2.45, 2.75) is 19.3 Å². The number of carbonyl (C=O) groups excluding carboxylic acids is 1. The molecule has 6 rings (SSSR count). The highest BCUT2D eigenvalue weighted by Crippen LogP contribution is 2.32. The Morgan fingerprint density at radius 2 is 1.89 bits per heavy atom. The molecule has 4 aromatic heterocycles. The van der Waals surface area contributed by atoms with E-state index in [1.54, 1.807) is 17.9 Å². The zero-order chi connectivity index (χ0) is 24.3. The Morgan fingerprint density at radius 3 is 2.63 bits per heavy atom. The zero-order valence-electron chi connectivity index (χ0n) is 19.8. The molecule has 5 aromatic rings. The standard InChI is InChI=1S/C26H25N7O2/c1-30-15-22(32(3)26(35)17-5-6-17)25(34)20-10-16(4-8-21(20)30)11-24-29-28-23-9-7-18(14-33(23)24)19-12-27-31(2)13-19/h4,7-10,12-15,17H,5-6,11H2,1-3H3. The van der Waals surface area contributed by atoms with Crippen LogP contribution in [0.3, 0.4) is 0 Å². The summed E-state index contributed by atoms with van der Waals surface area (Å²) in [6.07, 6.45) is 9.86. The van der Waals surface area contributed by atoms with Crippen molar-refractivity contribution in [2.75, 3.05) is 11.9 Å². The van der Waals surface area contributed by atoms with E-state index in [1.807, 2.05) is 72.0 Å². The van der Waals surface area contributed by atoms with Gasteiger partial charge in [0.2, 0.25) is 11.3 Å². The Labute approximate surface area is 201 Å². The summed E-state index contributed by atoms with van der Waals surface area (Å²) in [6, 6.07) is 9.80. The molecule has 1 saturated carbocycles. The molecule has 176 valence electrons. The molecule has 1 aromatic carbocycles. The molecule has 0 spiro atoms. The smallest absolute Gasteiger partial charge is 0.229 e. The number of hydrogen-bond acceptors (Lipinski definition) is 5. The van der Waals surface area contributed by atoms with E-state index >= 15 is 0 Å². The second-order valence-corrected chi connectivity index (χ2v) is 9.32. The van der Waals surface area contributed by atoms with E-state index in [1.165, 1.54) is 4.90 Å². The second-order valence-electron chi connectivity index (χ2n) is 9.32. The van der Waals surface area contributed by atoms with Crippen molar-refractivity contribution in [3.05, 3.63) is 76.7 Å². The van der Waals surface area contributed by atoms with Gasteiger partial charge < -0.3 is 9.47 Å². The van der Waals surface area contributed by atoms with Crippen LogP contribution in [0, 0.1) is 5.92 Å². The molecule has 1 amide bonds. The predicted molar refractivity (Wildman–Crippen MR) is 133 cm³/mol. The van der Waals surface area contributed by atoms with Crippen molar-refractivity contribution in [1.29, 1.82) is 0 Å². The van der Waals surface area contributed by atoms with E-state index in [4.69, 9.17) is 0 Å². The lowest BCUT2D eigenvalue weighted by molar-refractivity contribution is -0.119. The second kappa shape index (κ2) is 7.90. The summed E-state index contributed by atoms with van der Waals surface area (Å²) in [6.45, 7) is 0. The fourth-order valence-electron chi connectivity index (χ4n) is 4.58. The minimum absolute atomic E-state index is 0.0111. The average Bonchev–Trinajstić information content (AvgIpc) is 3.51. The van der Waals surface area contributed by atoms with Crippen molar-refractivity contribution in [3.8, 4) is 11.1 Å². The lowest BCUT2D eigenvalue weighted by Gasteiger charge is -2.19. The SMILES string of the molecule is CN(C(=O)C1CC1)c1cn(C)c2ccc(Cc3nnc4ccc(-c5cnn(C)c5)cn34)cc2c1=O. The van der Waals surface area contributed by atoms with Gasteiger partial charge in [-0.2, -0.15) is 5.10 Å². The molecule has 9 nitrogen and oxygen atoms in total. The molecule has 0 aliphatic heterocycles. The number of rotatable bonds is 5. The third-order valence-electron chi connectivity index (χ3n) is 6.73. The maximum absolute atomic E-state index is 13.4. The zero-order valence-corrected chi connectivity index (χ0v) is 19.8. The van der Waals surface area contributed by atoms with Crippen LogP contribution in [0.4, 0.5) is 5.69 Å². The van der Waals surface area contributed by atoms with Gasteiger partial charge in [0.15, 0.2) is 5.65 Å². The van der Waals surface area contributed by atoms with Gasteiger partial charge in [-0.25, -0.2) is 0 Å². The van der Waals surface area contributed by atoms with E-state index in [2.05, 4.69) is 15.3 Å². The first kappa shape index (κ1) is 21.3. The van der Waals surface area contributed by atoms with Crippen LogP contribution in [0.2, 0.25) is 0 Å². The van der Waals surface area contributed by atoms with Crippen molar-refractivity contribution in [1.82, 2.24) is 28.9 Å². The van der Waals surface area contributed by atoms with E-state index in [-0.39, 0.29) is 17.3 Å². The number of hydrogen-bond donors (Lipinski definition) is 0. The number of pyridine rings is 2. The van der Waals surface area contributed by atoms with Crippen LogP contribution >= 0.6 is 0 Å². The van der Waals surface area contributed by atoms with Crippen LogP contribution in [0.15, 0.2) is 59.9 Å². The number of nitrogens with zero attached hydrogens (tertiary/aromatic N) is 7. The molecular weight excluding hydrogens is 442 g/mol. The topological polar surface area (TPSA) is 90.3 Å². The molecule has 35 heavy (non-hydrogen) atoms. The average molecular weight is 468 g/mol. The summed E-state index contributed by atoms with van der Waals surface area (Å²) in [5.74, 6) is 0.834. The molecule has 0 bridgehead atoms. The summed E-state index contributed by atoms with van der Waals surface area (Å²) < 4.78 is 5.65. The van der Waals surface area contributed by atoms with Crippen molar-refractivity contribution in [3.63, 3.8) is 0 Å². The maximum Gasteiger partial charge on any atom is 0.229 e. The Hall–Kier alpha value is -4.27. The lowest BCUT2D eigenvalue weighted by atomic mass is 10.1. The van der Waals surface area contributed by atoms with Gasteiger partial charge in [-0.3, -0.25) is 18.7 Å². The van der Waals surface area contributed by atoms with Gasteiger partial charge in [0.05, 0.1) is 11.7 Å². The predicted octanol–water partition coefficient (Wildman–Crippen LogP) is 2.95. The third kappa shape index (κ3) is 3.69. The molecule has 1 aliphatic rings. The Balaban J connectivity index is 1.38. The highest BCUT2D eigenvalue weighted by Gasteiger charge is 2.33. The van der Waals surface area contributed by atoms with Crippen molar-refractivity contribution < 1.29 is 4.79 Å². The fourth-order valence-corrected chi connectivity index (χ4v) is 4.58. The summed E-state index contributed by atoms with van der Waals surface area (Å²) in [5.41, 5.74) is 4.83. The normalized spacial score (nSPS) is 13.6. The number of amides is 1. The Morgan fingerprint density at radius 1 is 1.06 bits per heavy atom. The maximum atomic E-state index is 13.4. The van der Waals surface area contributed by atoms with Gasteiger partial charge >= 0.3 is 0 Å². The first-order valence-corrected chi connectivity index (χ1v) is 11.6. The molecule has 9 heteroatoms. The number of benzene rings is 1. The summed E-state index contributed by atoms with van der Waals surface area (Å²) in [7, 11) is 5.48. The van der Waals surface area contributed by atoms with Gasteiger partial charge in [-0.05, 0) is 42.7 Å². The van der Waals surface area contributed by atoms with E-state index < -0.39 is 0 Å². The first-order chi connectivity index (χ1) is 16.9. The van der Waals surface area contributed by atoms with Gasteiger partial charge in [-0.1, -0.05) is 6.07 Å². The molecule has 0 radical (unpaired) electrons. The number of carbonyl (C=O) groups is 1. The first-order valence-electron chi connectivity index (χ1n) is 11.6. The van der Waals surface area contributed by atoms with Crippen LogP contribution in [-0.4, -0.2) is 41.9 Å². The number of anilines is 1. The summed E-state index contributed by atoms with van der Waals surface area (Å²) >= 11 is 0. The minimum Gasteiger partial charge on any atom is -0.348 e. The van der Waals surface area contributed by atoms with Gasteiger partial charge in [-0.15, -0.1) is 10.2 Å². The molecule has 4 heterocycles. The van der Waals surface area contributed by atoms with Crippen LogP contribution < -0.4 is 10.3 Å². The van der Waals surface area contributed by atoms with Crippen molar-refractivity contribution in [2.24, 2.45) is 20.0 Å². The molecular formula is C26H25N7O2.